The zero-order valence-corrected chi connectivity index (χ0v) is 31.0. The molecule has 0 heterocycles. The number of unbranched alkanes of at least 4 members (excludes halogenated alkanes) is 6. The highest BCUT2D eigenvalue weighted by atomic mass is 16.5. The van der Waals surface area contributed by atoms with Crippen LogP contribution in [0.2, 0.25) is 0 Å². The predicted octanol–water partition coefficient (Wildman–Crippen LogP) is 8.98. The molecule has 0 aliphatic carbocycles. The van der Waals surface area contributed by atoms with Gasteiger partial charge in [-0.25, -0.2) is 0 Å². The summed E-state index contributed by atoms with van der Waals surface area (Å²) in [6.07, 6.45) is 9.43. The first kappa shape index (κ1) is 44.1. The number of carbonyl (C=O) groups excluding carboxylic acids is 4. The van der Waals surface area contributed by atoms with Gasteiger partial charge < -0.3 is 25.3 Å². The van der Waals surface area contributed by atoms with Crippen LogP contribution in [0.25, 0.3) is 0 Å². The smallest absolute Gasteiger partial charge is 0.313 e. The van der Waals surface area contributed by atoms with Crippen LogP contribution in [-0.4, -0.2) is 43.8 Å². The molecule has 2 aromatic rings. The van der Waals surface area contributed by atoms with E-state index in [1.54, 1.807) is 32.9 Å². The van der Waals surface area contributed by atoms with E-state index in [0.717, 1.165) is 36.6 Å². The maximum atomic E-state index is 11.9. The second kappa shape index (κ2) is 24.3. The number of benzene rings is 2. The maximum absolute atomic E-state index is 11.9. The molecule has 270 valence electrons. The summed E-state index contributed by atoms with van der Waals surface area (Å²) < 4.78 is 15.6. The van der Waals surface area contributed by atoms with Crippen molar-refractivity contribution in [1.82, 2.24) is 0 Å². The molecule has 0 aromatic heterocycles. The molecule has 0 unspecified atom stereocenters. The summed E-state index contributed by atoms with van der Waals surface area (Å²) >= 11 is 0. The number of ether oxygens (including phenoxy) is 3. The molecular formula is C39H62N2O7. The Morgan fingerprint density at radius 2 is 1.04 bits per heavy atom. The van der Waals surface area contributed by atoms with E-state index >= 15 is 0 Å². The van der Waals surface area contributed by atoms with Crippen LogP contribution in [0.4, 0.5) is 11.4 Å². The van der Waals surface area contributed by atoms with E-state index in [0.29, 0.717) is 12.3 Å². The zero-order valence-electron chi connectivity index (χ0n) is 31.0. The third-order valence-corrected chi connectivity index (χ3v) is 7.08. The molecular weight excluding hydrogens is 608 g/mol. The first-order chi connectivity index (χ1) is 22.5. The fraction of sp³-hybridized carbons (Fsp3) is 0.590. The number of hydrogen-bond acceptors (Lipinski definition) is 8. The second-order valence-corrected chi connectivity index (χ2v) is 13.7. The number of nitrogens with one attached hydrogen (secondary N) is 1. The maximum Gasteiger partial charge on any atom is 0.313 e. The molecule has 1 amide bonds. The topological polar surface area (TPSA) is 134 Å². The number of amides is 1. The number of rotatable bonds is 17. The van der Waals surface area contributed by atoms with Crippen LogP contribution in [0.15, 0.2) is 48.5 Å². The molecule has 0 radical (unpaired) electrons. The van der Waals surface area contributed by atoms with E-state index in [9.17, 15) is 19.2 Å². The highest BCUT2D eigenvalue weighted by molar-refractivity contribution is 6.05. The van der Waals surface area contributed by atoms with Gasteiger partial charge in [0.05, 0.1) is 26.7 Å². The van der Waals surface area contributed by atoms with Gasteiger partial charge in [-0.1, -0.05) is 93.9 Å². The Labute approximate surface area is 289 Å². The number of nitrogens with two attached hydrogens (primary N) is 1. The van der Waals surface area contributed by atoms with E-state index in [2.05, 4.69) is 23.9 Å². The summed E-state index contributed by atoms with van der Waals surface area (Å²) in [6, 6.07) is 14.8. The Hall–Kier alpha value is -3.88. The summed E-state index contributed by atoms with van der Waals surface area (Å²) in [6.45, 7) is 16.7. The predicted molar refractivity (Wildman–Crippen MR) is 195 cm³/mol. The quantitative estimate of drug-likeness (QED) is 0.0737. The summed E-state index contributed by atoms with van der Waals surface area (Å²) in [4.78, 5) is 45.5. The van der Waals surface area contributed by atoms with E-state index in [1.807, 2.05) is 57.2 Å². The van der Waals surface area contributed by atoms with Gasteiger partial charge in [-0.2, -0.15) is 0 Å². The molecule has 9 nitrogen and oxygen atoms in total. The van der Waals surface area contributed by atoms with Crippen LogP contribution in [0.1, 0.15) is 120 Å². The van der Waals surface area contributed by atoms with Crippen molar-refractivity contribution in [1.29, 1.82) is 0 Å². The van der Waals surface area contributed by atoms with Gasteiger partial charge in [0.15, 0.2) is 0 Å². The van der Waals surface area contributed by atoms with Gasteiger partial charge in [-0.15, -0.1) is 0 Å². The van der Waals surface area contributed by atoms with Crippen molar-refractivity contribution in [3.05, 3.63) is 48.5 Å². The lowest BCUT2D eigenvalue weighted by molar-refractivity contribution is -0.145. The molecule has 0 aliphatic rings. The number of methoxy groups -OCH3 is 1. The van der Waals surface area contributed by atoms with Crippen LogP contribution in [0.5, 0.6) is 11.5 Å². The Morgan fingerprint density at radius 1 is 0.625 bits per heavy atom. The third kappa shape index (κ3) is 22.6. The van der Waals surface area contributed by atoms with Crippen LogP contribution < -0.4 is 20.5 Å². The van der Waals surface area contributed by atoms with Gasteiger partial charge in [0, 0.05) is 22.2 Å². The molecule has 0 atom stereocenters. The lowest BCUT2D eigenvalue weighted by Gasteiger charge is -2.16. The van der Waals surface area contributed by atoms with E-state index in [-0.39, 0.29) is 30.3 Å². The van der Waals surface area contributed by atoms with Crippen molar-refractivity contribution < 1.29 is 33.4 Å². The second-order valence-electron chi connectivity index (χ2n) is 13.7. The number of ketones is 2. The lowest BCUT2D eigenvalue weighted by Crippen LogP contribution is -2.26. The summed E-state index contributed by atoms with van der Waals surface area (Å²) in [5, 5.41) is 2.74. The largest absolute Gasteiger partial charge is 0.494 e. The number of anilines is 2. The summed E-state index contributed by atoms with van der Waals surface area (Å²) in [5.41, 5.74) is 6.08. The number of Topliss-reactive ketones (excluding diaryl/α,β-unsaturated/α-hetero) is 2. The molecule has 0 fully saturated rings. The van der Waals surface area contributed by atoms with E-state index in [1.165, 1.54) is 45.6 Å². The number of nitrogen functional groups attached to an aromatic ring is 1. The van der Waals surface area contributed by atoms with Crippen molar-refractivity contribution in [2.75, 3.05) is 31.4 Å². The third-order valence-electron chi connectivity index (χ3n) is 7.08. The minimum atomic E-state index is -0.493. The zero-order chi connectivity index (χ0) is 36.6. The molecule has 0 bridgehead atoms. The molecule has 0 saturated heterocycles. The minimum absolute atomic E-state index is 0.0676. The monoisotopic (exact) mass is 670 g/mol. The molecule has 0 saturated carbocycles. The van der Waals surface area contributed by atoms with Crippen molar-refractivity contribution in [2.24, 2.45) is 10.8 Å². The fourth-order valence-corrected chi connectivity index (χ4v) is 3.72. The van der Waals surface area contributed by atoms with Crippen LogP contribution in [-0.2, 0) is 23.9 Å². The number of carbonyl (C=O) groups is 4. The van der Waals surface area contributed by atoms with Crippen molar-refractivity contribution in [3.63, 3.8) is 0 Å². The number of esters is 1. The minimum Gasteiger partial charge on any atom is -0.494 e. The standard InChI is InChI=1S/C19H29NO3.C12H19NO.C8H14O3/c1-5-6-7-8-13-23-16-11-9-15(10-12-16)20-18(22)14-17(21)19(2,3)4;1-2-3-4-5-10-14-12-8-6-11(13)7-9-12;1-8(2,3)6(9)5-7(10)11-4/h9-12H,5-8,13-14H2,1-4H3,(H,20,22);6-9H,2-5,10,13H2,1H3;5H2,1-4H3. The van der Waals surface area contributed by atoms with E-state index < -0.39 is 16.8 Å². The number of hydrogen-bond donors (Lipinski definition) is 2. The van der Waals surface area contributed by atoms with Crippen LogP contribution in [0.3, 0.4) is 0 Å². The van der Waals surface area contributed by atoms with Gasteiger partial charge >= 0.3 is 5.97 Å². The normalized spacial score (nSPS) is 10.8. The Morgan fingerprint density at radius 3 is 1.44 bits per heavy atom. The first-order valence-corrected chi connectivity index (χ1v) is 17.2. The van der Waals surface area contributed by atoms with Gasteiger partial charge in [-0.05, 0) is 61.4 Å². The SMILES string of the molecule is CCCCCCOc1ccc(N)cc1.CCCCCCOc1ccc(NC(=O)CC(=O)C(C)(C)C)cc1.COC(=O)CC(=O)C(C)(C)C. The molecule has 3 N–H and O–H groups in total. The average molecular weight is 671 g/mol. The van der Waals surface area contributed by atoms with Crippen LogP contribution in [0, 0.1) is 10.8 Å². The Balaban J connectivity index is 0.000000753. The molecule has 0 aliphatic heterocycles. The first-order valence-electron chi connectivity index (χ1n) is 17.2. The summed E-state index contributed by atoms with van der Waals surface area (Å²) in [7, 11) is 1.28. The van der Waals surface area contributed by atoms with Crippen molar-refractivity contribution in [2.45, 2.75) is 120 Å². The molecule has 48 heavy (non-hydrogen) atoms. The van der Waals surface area contributed by atoms with Gasteiger partial charge in [-0.3, -0.25) is 19.2 Å². The van der Waals surface area contributed by atoms with Crippen molar-refractivity contribution in [3.8, 4) is 11.5 Å². The summed E-state index contributed by atoms with van der Waals surface area (Å²) in [5.74, 6) is 0.801. The van der Waals surface area contributed by atoms with Gasteiger partial charge in [0.2, 0.25) is 5.91 Å². The van der Waals surface area contributed by atoms with Crippen LogP contribution >= 0.6 is 0 Å². The Kier molecular flexibility index (Phi) is 22.3. The van der Waals surface area contributed by atoms with Gasteiger partial charge in [0.25, 0.3) is 0 Å². The van der Waals surface area contributed by atoms with Crippen molar-refractivity contribution >= 4 is 34.8 Å². The highest BCUT2D eigenvalue weighted by Gasteiger charge is 2.24. The van der Waals surface area contributed by atoms with Gasteiger partial charge in [0.1, 0.15) is 29.5 Å². The Bertz CT molecular complexity index is 1190. The molecule has 2 rings (SSSR count). The average Bonchev–Trinajstić information content (AvgIpc) is 3.02. The molecule has 0 spiro atoms. The fourth-order valence-electron chi connectivity index (χ4n) is 3.72. The lowest BCUT2D eigenvalue weighted by atomic mass is 9.89. The molecule has 2 aromatic carbocycles. The molecule has 9 heteroatoms. The highest BCUT2D eigenvalue weighted by Crippen LogP contribution is 2.20. The van der Waals surface area contributed by atoms with E-state index in [4.69, 9.17) is 15.2 Å².